The summed E-state index contributed by atoms with van der Waals surface area (Å²) < 4.78 is 4.61. The first-order valence-electron chi connectivity index (χ1n) is 3.29. The second kappa shape index (κ2) is 6.24. The Hall–Kier alpha value is -0.480. The van der Waals surface area contributed by atoms with Gasteiger partial charge in [0.15, 0.2) is 0 Å². The molecule has 0 radical (unpaired) electrons. The van der Waals surface area contributed by atoms with Crippen molar-refractivity contribution in [1.82, 2.24) is 0 Å². The molecule has 3 nitrogen and oxygen atoms in total. The largest absolute Gasteiger partial charge is 0.460 e. The third kappa shape index (κ3) is 5.94. The molecule has 1 atom stereocenters. The number of ether oxygens (including phenoxy) is 1. The number of carbonyl (C=O) groups excluding carboxylic acids is 1. The number of esters is 1. The quantitative estimate of drug-likeness (QED) is 0.370. The highest BCUT2D eigenvalue weighted by Crippen LogP contribution is 1.89. The fraction of sp³-hybridized carbons (Fsp3) is 0.571. The molecule has 0 aliphatic carbocycles. The van der Waals surface area contributed by atoms with E-state index >= 15 is 0 Å². The zero-order valence-corrected chi connectivity index (χ0v) is 7.25. The monoisotopic (exact) mass is 176 g/mol. The lowest BCUT2D eigenvalue weighted by molar-refractivity contribution is -0.140. The molecule has 0 amide bonds. The molecule has 0 aromatic rings. The Labute approximate surface area is 71.5 Å². The molecule has 0 rings (SSSR count). The van der Waals surface area contributed by atoms with Crippen LogP contribution in [0.5, 0.6) is 0 Å². The molecular weight excluding hydrogens is 164 g/mol. The van der Waals surface area contributed by atoms with Gasteiger partial charge in [-0.1, -0.05) is 6.08 Å². The van der Waals surface area contributed by atoms with E-state index in [2.05, 4.69) is 17.4 Å². The minimum absolute atomic E-state index is 0.00662. The average Bonchev–Trinajstić information content (AvgIpc) is 2.01. The van der Waals surface area contributed by atoms with Gasteiger partial charge in [-0.15, -0.1) is 0 Å². The van der Waals surface area contributed by atoms with E-state index in [1.165, 1.54) is 6.08 Å². The summed E-state index contributed by atoms with van der Waals surface area (Å²) >= 11 is 3.81. The molecule has 0 heterocycles. The predicted octanol–water partition coefficient (Wildman–Crippen LogP) is 0.396. The normalized spacial score (nSPS) is 13.4. The van der Waals surface area contributed by atoms with Crippen molar-refractivity contribution in [2.75, 3.05) is 12.4 Å². The van der Waals surface area contributed by atoms with E-state index < -0.39 is 12.1 Å². The maximum absolute atomic E-state index is 10.6. The summed E-state index contributed by atoms with van der Waals surface area (Å²) in [6, 6.07) is 0. The first-order valence-corrected chi connectivity index (χ1v) is 3.92. The number of rotatable bonds is 4. The predicted molar refractivity (Wildman–Crippen MR) is 45.6 cm³/mol. The minimum Gasteiger partial charge on any atom is -0.460 e. The van der Waals surface area contributed by atoms with E-state index in [4.69, 9.17) is 5.11 Å². The molecule has 0 aromatic carbocycles. The highest BCUT2D eigenvalue weighted by molar-refractivity contribution is 7.80. The molecule has 0 saturated carbocycles. The molecular formula is C7H12O3S. The van der Waals surface area contributed by atoms with Crippen LogP contribution < -0.4 is 0 Å². The van der Waals surface area contributed by atoms with Gasteiger partial charge in [-0.2, -0.15) is 12.6 Å². The Morgan fingerprint density at radius 1 is 1.82 bits per heavy atom. The van der Waals surface area contributed by atoms with Gasteiger partial charge in [0, 0.05) is 11.8 Å². The molecule has 0 aliphatic heterocycles. The summed E-state index contributed by atoms with van der Waals surface area (Å²) in [6.45, 7) is 1.73. The maximum Gasteiger partial charge on any atom is 0.330 e. The van der Waals surface area contributed by atoms with E-state index in [1.807, 2.05) is 0 Å². The first kappa shape index (κ1) is 10.5. The molecule has 0 spiro atoms. The van der Waals surface area contributed by atoms with Crippen LogP contribution in [0.15, 0.2) is 12.2 Å². The number of allylic oxidation sites excluding steroid dienone is 1. The molecule has 11 heavy (non-hydrogen) atoms. The number of carbonyl (C=O) groups is 1. The Morgan fingerprint density at radius 2 is 2.45 bits per heavy atom. The Morgan fingerprint density at radius 3 is 2.91 bits per heavy atom. The maximum atomic E-state index is 10.6. The lowest BCUT2D eigenvalue weighted by atomic mass is 10.4. The number of aliphatic hydroxyl groups excluding tert-OH is 1. The summed E-state index contributed by atoms with van der Waals surface area (Å²) in [6.07, 6.45) is 2.20. The van der Waals surface area contributed by atoms with Crippen LogP contribution in [-0.2, 0) is 9.53 Å². The molecule has 0 aromatic heterocycles. The molecule has 1 unspecified atom stereocenters. The summed E-state index contributed by atoms with van der Waals surface area (Å²) in [7, 11) is 0. The summed E-state index contributed by atoms with van der Waals surface area (Å²) in [5.74, 6) is -0.142. The second-order valence-electron chi connectivity index (χ2n) is 1.97. The van der Waals surface area contributed by atoms with Gasteiger partial charge >= 0.3 is 5.97 Å². The van der Waals surface area contributed by atoms with Crippen LogP contribution in [0.4, 0.5) is 0 Å². The molecule has 4 heteroatoms. The van der Waals surface area contributed by atoms with Crippen LogP contribution in [0.3, 0.4) is 0 Å². The molecule has 0 bridgehead atoms. The van der Waals surface area contributed by atoms with Gasteiger partial charge in [0.2, 0.25) is 0 Å². The molecule has 0 aliphatic rings. The lowest BCUT2D eigenvalue weighted by Crippen LogP contribution is -2.18. The van der Waals surface area contributed by atoms with Crippen molar-refractivity contribution in [3.63, 3.8) is 0 Å². The fourth-order valence-electron chi connectivity index (χ4n) is 0.415. The van der Waals surface area contributed by atoms with Crippen LogP contribution in [-0.4, -0.2) is 29.5 Å². The molecule has 64 valence electrons. The zero-order chi connectivity index (χ0) is 8.69. The molecule has 1 N–H and O–H groups in total. The Balaban J connectivity index is 3.45. The fourth-order valence-corrected chi connectivity index (χ4v) is 0.521. The van der Waals surface area contributed by atoms with E-state index in [0.29, 0.717) is 5.75 Å². The van der Waals surface area contributed by atoms with Crippen molar-refractivity contribution < 1.29 is 14.6 Å². The summed E-state index contributed by atoms with van der Waals surface area (Å²) in [5, 5.41) is 8.90. The number of thiol groups is 1. The highest BCUT2D eigenvalue weighted by atomic mass is 32.1. The first-order chi connectivity index (χ1) is 5.20. The molecule has 0 saturated heterocycles. The van der Waals surface area contributed by atoms with Gasteiger partial charge in [-0.05, 0) is 6.92 Å². The van der Waals surface area contributed by atoms with Crippen LogP contribution in [0.25, 0.3) is 0 Å². The van der Waals surface area contributed by atoms with Crippen LogP contribution in [0.2, 0.25) is 0 Å². The standard InChI is InChI=1S/C7H12O3S/c1-2-3-7(9)10-4-6(8)5-11/h2-3,6,8,11H,4-5H2,1H3. The molecule has 0 fully saturated rings. The minimum atomic E-state index is -0.674. The zero-order valence-electron chi connectivity index (χ0n) is 6.36. The summed E-state index contributed by atoms with van der Waals surface area (Å²) in [4.78, 5) is 10.6. The van der Waals surface area contributed by atoms with E-state index in [-0.39, 0.29) is 6.61 Å². The van der Waals surface area contributed by atoms with Crippen molar-refractivity contribution in [2.45, 2.75) is 13.0 Å². The number of hydrogen-bond acceptors (Lipinski definition) is 4. The van der Waals surface area contributed by atoms with Crippen molar-refractivity contribution in [3.8, 4) is 0 Å². The summed E-state index contributed by atoms with van der Waals surface area (Å²) in [5.41, 5.74) is 0. The number of aliphatic hydroxyl groups is 1. The Bertz CT molecular complexity index is 145. The van der Waals surface area contributed by atoms with Crippen LogP contribution in [0, 0.1) is 0 Å². The van der Waals surface area contributed by atoms with Crippen molar-refractivity contribution in [3.05, 3.63) is 12.2 Å². The van der Waals surface area contributed by atoms with E-state index in [9.17, 15) is 4.79 Å². The second-order valence-corrected chi connectivity index (χ2v) is 2.33. The third-order valence-corrected chi connectivity index (χ3v) is 1.35. The van der Waals surface area contributed by atoms with Gasteiger partial charge < -0.3 is 9.84 Å². The van der Waals surface area contributed by atoms with Crippen LogP contribution >= 0.6 is 12.6 Å². The van der Waals surface area contributed by atoms with E-state index in [0.717, 1.165) is 0 Å². The van der Waals surface area contributed by atoms with Gasteiger partial charge in [-0.3, -0.25) is 0 Å². The van der Waals surface area contributed by atoms with Crippen molar-refractivity contribution in [2.24, 2.45) is 0 Å². The lowest BCUT2D eigenvalue weighted by Gasteiger charge is -2.05. The topological polar surface area (TPSA) is 46.5 Å². The van der Waals surface area contributed by atoms with E-state index in [1.54, 1.807) is 13.0 Å². The third-order valence-electron chi connectivity index (χ3n) is 0.931. The van der Waals surface area contributed by atoms with Gasteiger partial charge in [0.05, 0.1) is 6.10 Å². The highest BCUT2D eigenvalue weighted by Gasteiger charge is 2.03. The van der Waals surface area contributed by atoms with Crippen molar-refractivity contribution >= 4 is 18.6 Å². The van der Waals surface area contributed by atoms with Gasteiger partial charge in [-0.25, -0.2) is 4.79 Å². The van der Waals surface area contributed by atoms with Crippen molar-refractivity contribution in [1.29, 1.82) is 0 Å². The van der Waals surface area contributed by atoms with Gasteiger partial charge in [0.1, 0.15) is 6.61 Å². The SMILES string of the molecule is CC=CC(=O)OCC(O)CS. The Kier molecular flexibility index (Phi) is 5.97. The van der Waals surface area contributed by atoms with Crippen LogP contribution in [0.1, 0.15) is 6.92 Å². The smallest absolute Gasteiger partial charge is 0.330 e. The van der Waals surface area contributed by atoms with Gasteiger partial charge in [0.25, 0.3) is 0 Å². The number of hydrogen-bond donors (Lipinski definition) is 2. The average molecular weight is 176 g/mol.